The summed E-state index contributed by atoms with van der Waals surface area (Å²) in [6, 6.07) is 8.89. The van der Waals surface area contributed by atoms with Gasteiger partial charge in [0, 0.05) is 30.0 Å². The Labute approximate surface area is 117 Å². The van der Waals surface area contributed by atoms with E-state index in [-0.39, 0.29) is 11.4 Å². The highest BCUT2D eigenvalue weighted by Gasteiger charge is 2.11. The van der Waals surface area contributed by atoms with E-state index in [0.717, 1.165) is 0 Å². The molecule has 8 nitrogen and oxygen atoms in total. The van der Waals surface area contributed by atoms with Crippen LogP contribution < -0.4 is 0 Å². The number of nitro benzene ring substituents is 1. The molecule has 0 aliphatic heterocycles. The Balaban J connectivity index is 2.04. The molecule has 0 amide bonds. The minimum Gasteiger partial charge on any atom is -0.300 e. The van der Waals surface area contributed by atoms with Crippen molar-refractivity contribution in [2.24, 2.45) is 0 Å². The van der Waals surface area contributed by atoms with E-state index in [1.54, 1.807) is 28.8 Å². The number of rotatable bonds is 3. The first-order valence-corrected chi connectivity index (χ1v) is 5.92. The molecule has 3 aromatic rings. The summed E-state index contributed by atoms with van der Waals surface area (Å²) in [6.07, 6.45) is 3.01. The molecule has 0 bridgehead atoms. The van der Waals surface area contributed by atoms with Crippen LogP contribution in [0.4, 0.5) is 11.4 Å². The smallest absolute Gasteiger partial charge is 0.286 e. The normalized spacial score (nSPS) is 10.7. The van der Waals surface area contributed by atoms with Crippen LogP contribution >= 0.6 is 0 Å². The highest BCUT2D eigenvalue weighted by molar-refractivity contribution is 5.64. The Kier molecular flexibility index (Phi) is 2.83. The van der Waals surface area contributed by atoms with Gasteiger partial charge in [-0.15, -0.1) is 0 Å². The molecule has 8 heteroatoms. The number of benzene rings is 1. The fourth-order valence-corrected chi connectivity index (χ4v) is 1.98. The summed E-state index contributed by atoms with van der Waals surface area (Å²) in [7, 11) is 0. The van der Waals surface area contributed by atoms with Gasteiger partial charge in [0.1, 0.15) is 5.65 Å². The third kappa shape index (κ3) is 2.29. The van der Waals surface area contributed by atoms with Crippen molar-refractivity contribution in [1.29, 1.82) is 0 Å². The van der Waals surface area contributed by atoms with Crippen LogP contribution in [0.5, 0.6) is 0 Å². The van der Waals surface area contributed by atoms with Crippen LogP contribution in [0.25, 0.3) is 16.9 Å². The second kappa shape index (κ2) is 4.67. The fraction of sp³-hybridized carbons (Fsp3) is 0. The summed E-state index contributed by atoms with van der Waals surface area (Å²) in [5.74, 6) is 0. The van der Waals surface area contributed by atoms with Crippen LogP contribution in [0.1, 0.15) is 0 Å². The van der Waals surface area contributed by atoms with Crippen molar-refractivity contribution in [1.82, 2.24) is 9.38 Å². The molecule has 0 N–H and O–H groups in total. The van der Waals surface area contributed by atoms with Gasteiger partial charge < -0.3 is 0 Å². The summed E-state index contributed by atoms with van der Waals surface area (Å²) in [6.45, 7) is 0. The number of nitrogens with zero attached hydrogens (tertiary/aromatic N) is 4. The number of fused-ring (bicyclic) bond motifs is 1. The van der Waals surface area contributed by atoms with Crippen molar-refractivity contribution in [3.63, 3.8) is 0 Å². The number of non-ortho nitro benzene ring substituents is 1. The molecule has 0 saturated carbocycles. The Hall–Kier alpha value is -3.29. The molecular weight excluding hydrogens is 276 g/mol. The van der Waals surface area contributed by atoms with Crippen LogP contribution in [0.15, 0.2) is 48.8 Å². The Morgan fingerprint density at radius 2 is 1.48 bits per heavy atom. The van der Waals surface area contributed by atoms with Gasteiger partial charge in [0.25, 0.3) is 11.4 Å². The van der Waals surface area contributed by atoms with Gasteiger partial charge in [-0.3, -0.25) is 24.6 Å². The van der Waals surface area contributed by atoms with Crippen LogP contribution in [-0.4, -0.2) is 19.2 Å². The SMILES string of the molecule is O=[N+]([O-])c1ccc(-c2cn3cc([N+](=O)[O-])ccc3n2)cc1. The van der Waals surface area contributed by atoms with Gasteiger partial charge in [-0.05, 0) is 18.2 Å². The molecule has 104 valence electrons. The Morgan fingerprint density at radius 3 is 2.10 bits per heavy atom. The van der Waals surface area contributed by atoms with Gasteiger partial charge in [0.2, 0.25) is 0 Å². The van der Waals surface area contributed by atoms with Crippen molar-refractivity contribution in [3.05, 3.63) is 69.0 Å². The molecule has 3 rings (SSSR count). The quantitative estimate of drug-likeness (QED) is 0.543. The van der Waals surface area contributed by atoms with E-state index < -0.39 is 9.85 Å². The lowest BCUT2D eigenvalue weighted by molar-refractivity contribution is -0.385. The number of imidazole rings is 1. The largest absolute Gasteiger partial charge is 0.300 e. The fourth-order valence-electron chi connectivity index (χ4n) is 1.98. The van der Waals surface area contributed by atoms with E-state index in [9.17, 15) is 20.2 Å². The lowest BCUT2D eigenvalue weighted by Crippen LogP contribution is -1.90. The van der Waals surface area contributed by atoms with Crippen molar-refractivity contribution < 1.29 is 9.85 Å². The zero-order valence-electron chi connectivity index (χ0n) is 10.5. The molecule has 0 aliphatic rings. The zero-order valence-corrected chi connectivity index (χ0v) is 10.5. The summed E-state index contributed by atoms with van der Waals surface area (Å²) in [5, 5.41) is 21.3. The highest BCUT2D eigenvalue weighted by atomic mass is 16.6. The van der Waals surface area contributed by atoms with Crippen LogP contribution in [-0.2, 0) is 0 Å². The molecule has 0 atom stereocenters. The summed E-state index contributed by atoms with van der Waals surface area (Å²) in [4.78, 5) is 24.7. The lowest BCUT2D eigenvalue weighted by Gasteiger charge is -1.95. The first-order chi connectivity index (χ1) is 10.0. The Bertz CT molecular complexity index is 854. The maximum Gasteiger partial charge on any atom is 0.286 e. The molecule has 2 aromatic heterocycles. The van der Waals surface area contributed by atoms with Gasteiger partial charge >= 0.3 is 0 Å². The molecule has 0 fully saturated rings. The van der Waals surface area contributed by atoms with E-state index in [2.05, 4.69) is 4.98 Å². The number of hydrogen-bond donors (Lipinski definition) is 0. The molecule has 21 heavy (non-hydrogen) atoms. The van der Waals surface area contributed by atoms with E-state index >= 15 is 0 Å². The third-order valence-corrected chi connectivity index (χ3v) is 3.02. The van der Waals surface area contributed by atoms with Crippen LogP contribution in [0.2, 0.25) is 0 Å². The maximum absolute atomic E-state index is 10.7. The predicted octanol–water partition coefficient (Wildman–Crippen LogP) is 2.82. The molecule has 2 heterocycles. The number of hydrogen-bond acceptors (Lipinski definition) is 5. The van der Waals surface area contributed by atoms with Gasteiger partial charge in [0.15, 0.2) is 0 Å². The molecule has 0 unspecified atom stereocenters. The van der Waals surface area contributed by atoms with Crippen LogP contribution in [0, 0.1) is 20.2 Å². The van der Waals surface area contributed by atoms with E-state index in [1.165, 1.54) is 24.4 Å². The van der Waals surface area contributed by atoms with E-state index in [1.807, 2.05) is 0 Å². The first kappa shape index (κ1) is 12.7. The molecule has 0 saturated heterocycles. The minimum absolute atomic E-state index is 0.00171. The summed E-state index contributed by atoms with van der Waals surface area (Å²) in [5.41, 5.74) is 1.82. The number of pyridine rings is 1. The van der Waals surface area contributed by atoms with Gasteiger partial charge in [-0.1, -0.05) is 0 Å². The van der Waals surface area contributed by atoms with Crippen molar-refractivity contribution in [2.75, 3.05) is 0 Å². The van der Waals surface area contributed by atoms with Gasteiger partial charge in [0.05, 0.1) is 21.7 Å². The van der Waals surface area contributed by atoms with Crippen molar-refractivity contribution in [2.45, 2.75) is 0 Å². The second-order valence-corrected chi connectivity index (χ2v) is 4.34. The zero-order chi connectivity index (χ0) is 15.0. The second-order valence-electron chi connectivity index (χ2n) is 4.34. The lowest BCUT2D eigenvalue weighted by atomic mass is 10.1. The maximum atomic E-state index is 10.7. The number of nitro groups is 2. The number of aromatic nitrogens is 2. The average molecular weight is 284 g/mol. The topological polar surface area (TPSA) is 104 Å². The third-order valence-electron chi connectivity index (χ3n) is 3.02. The van der Waals surface area contributed by atoms with Gasteiger partial charge in [-0.25, -0.2) is 4.98 Å². The molecule has 0 spiro atoms. The molecule has 0 aliphatic carbocycles. The molecular formula is C13H8N4O4. The summed E-state index contributed by atoms with van der Waals surface area (Å²) >= 11 is 0. The summed E-state index contributed by atoms with van der Waals surface area (Å²) < 4.78 is 1.55. The standard InChI is InChI=1S/C13H8N4O4/c18-16(19)10-3-1-9(2-4-10)12-8-15-7-11(17(20)21)5-6-13(15)14-12/h1-8H. The minimum atomic E-state index is -0.481. The first-order valence-electron chi connectivity index (χ1n) is 5.92. The van der Waals surface area contributed by atoms with E-state index in [4.69, 9.17) is 0 Å². The monoisotopic (exact) mass is 284 g/mol. The van der Waals surface area contributed by atoms with Crippen molar-refractivity contribution in [3.8, 4) is 11.3 Å². The highest BCUT2D eigenvalue weighted by Crippen LogP contribution is 2.23. The molecule has 1 aromatic carbocycles. The van der Waals surface area contributed by atoms with Gasteiger partial charge in [-0.2, -0.15) is 0 Å². The molecule has 0 radical (unpaired) electrons. The van der Waals surface area contributed by atoms with Crippen LogP contribution in [0.3, 0.4) is 0 Å². The van der Waals surface area contributed by atoms with Crippen molar-refractivity contribution >= 4 is 17.0 Å². The Morgan fingerprint density at radius 1 is 0.857 bits per heavy atom. The predicted molar refractivity (Wildman–Crippen MR) is 73.9 cm³/mol. The van der Waals surface area contributed by atoms with E-state index in [0.29, 0.717) is 16.9 Å². The average Bonchev–Trinajstić information content (AvgIpc) is 2.90.